The number of nitrogens with one attached hydrogen (secondary N) is 1. The van der Waals surface area contributed by atoms with Gasteiger partial charge in [-0.3, -0.25) is 4.79 Å². The number of hydrogen-bond acceptors (Lipinski definition) is 11. The third-order valence-electron chi connectivity index (χ3n) is 13.8. The Balaban J connectivity index is 1.22. The molecule has 1 fully saturated rings. The molecular formula is C50H52N3O9-. The monoisotopic (exact) mass is 838 g/mol. The van der Waals surface area contributed by atoms with Crippen LogP contribution in [-0.4, -0.2) is 67.3 Å². The van der Waals surface area contributed by atoms with Crippen molar-refractivity contribution >= 4 is 28.1 Å². The number of ketones is 1. The molecule has 1 aliphatic carbocycles. The largest absolute Gasteiger partial charge is 0.668 e. The molecular weight excluding hydrogens is 787 g/mol. The highest BCUT2D eigenvalue weighted by atomic mass is 16.5. The third kappa shape index (κ3) is 7.55. The summed E-state index contributed by atoms with van der Waals surface area (Å²) in [7, 11) is 1.40. The number of aromatic hydroxyl groups is 4. The van der Waals surface area contributed by atoms with Crippen molar-refractivity contribution in [3.05, 3.63) is 125 Å². The molecule has 0 saturated heterocycles. The lowest BCUT2D eigenvalue weighted by Gasteiger charge is -2.46. The van der Waals surface area contributed by atoms with Gasteiger partial charge in [-0.15, -0.1) is 0 Å². The summed E-state index contributed by atoms with van der Waals surface area (Å²) in [6.45, 7) is 0.507. The Kier molecular flexibility index (Phi) is 11.2. The topological polar surface area (TPSA) is 196 Å². The number of phenols is 4. The number of nitrogens with zero attached hydrogens (tertiary/aromatic N) is 2. The van der Waals surface area contributed by atoms with Gasteiger partial charge in [-0.1, -0.05) is 30.3 Å². The van der Waals surface area contributed by atoms with Crippen LogP contribution in [0.1, 0.15) is 78.0 Å². The zero-order chi connectivity index (χ0) is 43.1. The molecule has 6 atom stereocenters. The van der Waals surface area contributed by atoms with Gasteiger partial charge in [0.2, 0.25) is 5.75 Å². The van der Waals surface area contributed by atoms with Crippen molar-refractivity contribution in [1.82, 2.24) is 9.97 Å². The van der Waals surface area contributed by atoms with E-state index in [0.29, 0.717) is 62.3 Å². The van der Waals surface area contributed by atoms with E-state index in [1.54, 1.807) is 36.7 Å². The Hall–Kier alpha value is -6.24. The number of hydrogen-bond donors (Lipinski definition) is 7. The second-order valence-corrected chi connectivity index (χ2v) is 17.2. The second kappa shape index (κ2) is 16.9. The lowest BCUT2D eigenvalue weighted by atomic mass is 9.58. The number of anilines is 2. The van der Waals surface area contributed by atoms with Crippen LogP contribution in [0.5, 0.6) is 34.5 Å². The molecule has 1 spiro atoms. The van der Waals surface area contributed by atoms with E-state index in [4.69, 9.17) is 14.5 Å². The highest BCUT2D eigenvalue weighted by molar-refractivity contribution is 5.92. The van der Waals surface area contributed by atoms with E-state index in [9.17, 15) is 30.6 Å². The molecule has 62 heavy (non-hydrogen) atoms. The van der Waals surface area contributed by atoms with E-state index in [-0.39, 0.29) is 41.6 Å². The lowest BCUT2D eigenvalue weighted by molar-refractivity contribution is -0.132. The molecule has 1 saturated carbocycles. The number of carbonyl (C=O) groups excluding carboxylic acids is 1. The molecule has 2 aliphatic heterocycles. The average molecular weight is 839 g/mol. The van der Waals surface area contributed by atoms with Crippen molar-refractivity contribution < 1.29 is 44.9 Å². The summed E-state index contributed by atoms with van der Waals surface area (Å²) < 4.78 is 11.4. The van der Waals surface area contributed by atoms with E-state index in [2.05, 4.69) is 10.3 Å². The van der Waals surface area contributed by atoms with Crippen LogP contribution in [0.3, 0.4) is 0 Å². The maximum atomic E-state index is 15.8. The number of aliphatic hydroxyl groups excluding tert-OH is 2. The van der Waals surface area contributed by atoms with Crippen molar-refractivity contribution in [2.24, 2.45) is 11.8 Å². The molecule has 2 bridgehead atoms. The Bertz CT molecular complexity index is 2610. The molecule has 3 aliphatic rings. The lowest BCUT2D eigenvalue weighted by Crippen LogP contribution is -2.51. The normalized spacial score (nSPS) is 23.0. The fourth-order valence-electron chi connectivity index (χ4n) is 10.9. The first-order valence-corrected chi connectivity index (χ1v) is 21.5. The van der Waals surface area contributed by atoms with Gasteiger partial charge >= 0.3 is 0 Å². The highest BCUT2D eigenvalue weighted by Crippen LogP contribution is 2.55. The standard InChI is InChI=1S/C50H52N3O9/c1-61-45-25-31(24-44(59)48(45)60)29-6-11-37-35-12-10-34(54)22-30(35)7-13-39(37)53-46-26-32(17-20-52-46)50(18-16-40(55)38(50)27-33-4-2-19-51-33)47(43(58)23-29)41(56)14-8-28-9-15-42(57)49-36(28)5-3-21-62-49/h2,4,7,9-10,12-13,15,17,19-20,22,24-26,29,38,40-41,47,54-57,59-60H,3,5-6,8,11,14,16,18,21,23,27H2,1H3,(H,52,53)/q-1. The van der Waals surface area contributed by atoms with E-state index < -0.39 is 41.1 Å². The highest BCUT2D eigenvalue weighted by Gasteiger charge is 2.57. The minimum Gasteiger partial charge on any atom is -0.668 e. The molecule has 12 heteroatoms. The smallest absolute Gasteiger partial charge is 0.200 e. The van der Waals surface area contributed by atoms with Gasteiger partial charge in [0.15, 0.2) is 23.0 Å². The van der Waals surface area contributed by atoms with Crippen LogP contribution in [0.25, 0.3) is 10.8 Å². The Labute approximate surface area is 359 Å². The number of methoxy groups -OCH3 is 1. The summed E-state index contributed by atoms with van der Waals surface area (Å²) in [4.78, 5) is 25.2. The van der Waals surface area contributed by atoms with Gasteiger partial charge in [0.05, 0.1) is 31.8 Å². The zero-order valence-corrected chi connectivity index (χ0v) is 34.6. The molecule has 0 amide bonds. The fourth-order valence-corrected chi connectivity index (χ4v) is 10.9. The van der Waals surface area contributed by atoms with E-state index in [0.717, 1.165) is 57.2 Å². The molecule has 6 unspecified atom stereocenters. The molecule has 4 heterocycles. The molecule has 7 N–H and O–H groups in total. The summed E-state index contributed by atoms with van der Waals surface area (Å²) in [6.07, 6.45) is 5.59. The van der Waals surface area contributed by atoms with Crippen LogP contribution in [0.2, 0.25) is 0 Å². The predicted molar refractivity (Wildman–Crippen MR) is 234 cm³/mol. The minimum atomic E-state index is -1.18. The molecule has 12 nitrogen and oxygen atoms in total. The number of phenolic OH excluding ortho intramolecular Hbond substituents is 4. The van der Waals surface area contributed by atoms with Gasteiger partial charge in [0.1, 0.15) is 17.4 Å². The number of aliphatic hydroxyl groups is 2. The zero-order valence-electron chi connectivity index (χ0n) is 34.6. The van der Waals surface area contributed by atoms with Crippen molar-refractivity contribution in [3.63, 3.8) is 0 Å². The Morgan fingerprint density at radius 1 is 0.968 bits per heavy atom. The van der Waals surface area contributed by atoms with Crippen LogP contribution < -0.4 is 19.8 Å². The average Bonchev–Trinajstić information content (AvgIpc) is 3.91. The molecule has 2 aromatic heterocycles. The van der Waals surface area contributed by atoms with E-state index in [1.165, 1.54) is 13.2 Å². The van der Waals surface area contributed by atoms with Crippen molar-refractivity contribution in [3.8, 4) is 34.5 Å². The summed E-state index contributed by atoms with van der Waals surface area (Å²) in [5.41, 5.74) is 4.61. The molecule has 0 radical (unpaired) electrons. The van der Waals surface area contributed by atoms with Crippen molar-refractivity contribution in [1.29, 1.82) is 0 Å². The molecule has 9 rings (SSSR count). The van der Waals surface area contributed by atoms with Crippen LogP contribution in [0, 0.1) is 11.8 Å². The first-order valence-electron chi connectivity index (χ1n) is 21.5. The number of aromatic nitrogens is 2. The number of aryl methyl sites for hydroxylation is 2. The van der Waals surface area contributed by atoms with Crippen LogP contribution in [0.15, 0.2) is 91.3 Å². The number of Topliss-reactive ketones (excluding diaryl/α,β-unsaturated/α-hetero) is 1. The second-order valence-electron chi connectivity index (χ2n) is 17.2. The number of carbonyl (C=O) groups is 1. The number of pyridine rings is 1. The molecule has 322 valence electrons. The molecule has 4 aromatic carbocycles. The predicted octanol–water partition coefficient (Wildman–Crippen LogP) is 7.64. The van der Waals surface area contributed by atoms with Crippen LogP contribution >= 0.6 is 0 Å². The SMILES string of the molecule is COc1cc(C2CCc3c(ccc4cc(O)ccc34)Nc3cc(ccn3)C3(CCC(O)C3Cc3ccc[n-]3)C(C(O)CCc3ccc(O)c4c3CCCO4)C(=O)C2)cc(O)c1O. The van der Waals surface area contributed by atoms with Crippen molar-refractivity contribution in [2.45, 2.75) is 87.7 Å². The van der Waals surface area contributed by atoms with Gasteiger partial charge in [0.25, 0.3) is 0 Å². The first kappa shape index (κ1) is 41.1. The summed E-state index contributed by atoms with van der Waals surface area (Å²) in [5.74, 6) is -1.76. The van der Waals surface area contributed by atoms with Gasteiger partial charge in [-0.05, 0) is 151 Å². The quantitative estimate of drug-likeness (QED) is 0.0742. The molecule has 6 aromatic rings. The number of ether oxygens (including phenoxy) is 2. The number of rotatable bonds is 8. The van der Waals surface area contributed by atoms with Gasteiger partial charge in [-0.2, -0.15) is 11.9 Å². The Morgan fingerprint density at radius 2 is 1.84 bits per heavy atom. The van der Waals surface area contributed by atoms with Crippen molar-refractivity contribution in [2.75, 3.05) is 19.0 Å². The maximum Gasteiger partial charge on any atom is 0.200 e. The summed E-state index contributed by atoms with van der Waals surface area (Å²) in [5, 5.41) is 73.0. The maximum absolute atomic E-state index is 15.8. The van der Waals surface area contributed by atoms with E-state index in [1.807, 2.05) is 48.5 Å². The van der Waals surface area contributed by atoms with Crippen LogP contribution in [-0.2, 0) is 35.9 Å². The summed E-state index contributed by atoms with van der Waals surface area (Å²) >= 11 is 0. The summed E-state index contributed by atoms with van der Waals surface area (Å²) in [6, 6.07) is 23.4. The number of benzene rings is 4. The Morgan fingerprint density at radius 3 is 2.66 bits per heavy atom. The van der Waals surface area contributed by atoms with Gasteiger partial charge in [-0.25, -0.2) is 4.98 Å². The fraction of sp³-hybridized carbons (Fsp3) is 0.360. The van der Waals surface area contributed by atoms with Gasteiger partial charge < -0.3 is 50.4 Å². The van der Waals surface area contributed by atoms with E-state index >= 15 is 4.79 Å². The third-order valence-corrected chi connectivity index (χ3v) is 13.8. The minimum absolute atomic E-state index is 0.0387. The van der Waals surface area contributed by atoms with Crippen LogP contribution in [0.4, 0.5) is 11.5 Å². The number of fused-ring (bicyclic) bond motifs is 7. The van der Waals surface area contributed by atoms with Gasteiger partial charge in [0, 0.05) is 29.3 Å². The first-order chi connectivity index (χ1) is 30.0.